The van der Waals surface area contributed by atoms with E-state index in [9.17, 15) is 14.9 Å². The van der Waals surface area contributed by atoms with Crippen LogP contribution in [0.2, 0.25) is 5.02 Å². The van der Waals surface area contributed by atoms with Crippen LogP contribution in [-0.4, -0.2) is 18.7 Å². The molecule has 2 N–H and O–H groups in total. The predicted molar refractivity (Wildman–Crippen MR) is 123 cm³/mol. The molecule has 1 atom stereocenters. The number of rotatable bonds is 1. The first-order chi connectivity index (χ1) is 15.3. The SMILES string of the molecule is Cc1ccc(N2C(N)=C(C#N)[C@@]3(C(=O)N(C)c4ccccc43)C3=C2CCCC3=O)cc1Cl. The van der Waals surface area contributed by atoms with Gasteiger partial charge < -0.3 is 10.6 Å². The number of nitrogens with two attached hydrogens (primary N) is 1. The van der Waals surface area contributed by atoms with Crippen molar-refractivity contribution in [1.82, 2.24) is 0 Å². The van der Waals surface area contributed by atoms with Gasteiger partial charge in [0, 0.05) is 46.7 Å². The zero-order valence-electron chi connectivity index (χ0n) is 17.8. The Morgan fingerprint density at radius 2 is 1.91 bits per heavy atom. The number of allylic oxidation sites excluding steroid dienone is 1. The molecule has 0 aromatic heterocycles. The van der Waals surface area contributed by atoms with E-state index in [1.54, 1.807) is 18.0 Å². The fraction of sp³-hybridized carbons (Fsp3) is 0.240. The average molecular weight is 445 g/mol. The molecular weight excluding hydrogens is 424 g/mol. The van der Waals surface area contributed by atoms with E-state index in [1.807, 2.05) is 43.3 Å². The molecule has 0 saturated carbocycles. The number of fused-ring (bicyclic) bond motifs is 3. The quantitative estimate of drug-likeness (QED) is 0.715. The summed E-state index contributed by atoms with van der Waals surface area (Å²) in [5, 5.41) is 10.9. The highest BCUT2D eigenvalue weighted by molar-refractivity contribution is 6.31. The lowest BCUT2D eigenvalue weighted by molar-refractivity contribution is -0.124. The third-order valence-corrected chi connectivity index (χ3v) is 7.13. The van der Waals surface area contributed by atoms with Crippen molar-refractivity contribution in [2.45, 2.75) is 31.6 Å². The molecule has 0 saturated heterocycles. The zero-order valence-corrected chi connectivity index (χ0v) is 18.5. The molecule has 160 valence electrons. The number of likely N-dealkylation sites (N-methyl/N-ethyl adjacent to an activating group) is 1. The number of halogens is 1. The highest BCUT2D eigenvalue weighted by atomic mass is 35.5. The maximum Gasteiger partial charge on any atom is 0.247 e. The van der Waals surface area contributed by atoms with Crippen molar-refractivity contribution in [1.29, 1.82) is 5.26 Å². The number of amides is 1. The lowest BCUT2D eigenvalue weighted by Crippen LogP contribution is -2.52. The lowest BCUT2D eigenvalue weighted by atomic mass is 9.64. The van der Waals surface area contributed by atoms with Crippen LogP contribution in [0.1, 0.15) is 30.4 Å². The largest absolute Gasteiger partial charge is 0.384 e. The molecule has 0 fully saturated rings. The second kappa shape index (κ2) is 6.98. The van der Waals surface area contributed by atoms with Crippen molar-refractivity contribution in [2.24, 2.45) is 5.73 Å². The summed E-state index contributed by atoms with van der Waals surface area (Å²) in [7, 11) is 1.67. The fourth-order valence-electron chi connectivity index (χ4n) is 5.25. The Balaban J connectivity index is 1.89. The van der Waals surface area contributed by atoms with Gasteiger partial charge in [-0.1, -0.05) is 35.9 Å². The number of para-hydroxylation sites is 1. The maximum atomic E-state index is 13.9. The summed E-state index contributed by atoms with van der Waals surface area (Å²) in [5.41, 5.74) is 9.08. The average Bonchev–Trinajstić information content (AvgIpc) is 2.99. The number of Topliss-reactive ketones (excluding diaryl/α,β-unsaturated/α-hetero) is 1. The molecule has 1 aliphatic carbocycles. The molecule has 2 aromatic rings. The molecule has 5 rings (SSSR count). The van der Waals surface area contributed by atoms with Gasteiger partial charge in [0.1, 0.15) is 17.3 Å². The van der Waals surface area contributed by atoms with Crippen LogP contribution in [0.3, 0.4) is 0 Å². The summed E-state index contributed by atoms with van der Waals surface area (Å²) in [6, 6.07) is 15.0. The summed E-state index contributed by atoms with van der Waals surface area (Å²) in [4.78, 5) is 30.6. The zero-order chi connectivity index (χ0) is 22.8. The summed E-state index contributed by atoms with van der Waals surface area (Å²) in [5.74, 6) is -0.310. The van der Waals surface area contributed by atoms with Crippen molar-refractivity contribution in [3.8, 4) is 6.07 Å². The highest BCUT2D eigenvalue weighted by Crippen LogP contribution is 2.56. The summed E-state index contributed by atoms with van der Waals surface area (Å²) >= 11 is 6.39. The molecule has 2 heterocycles. The number of ketones is 1. The minimum Gasteiger partial charge on any atom is -0.384 e. The number of hydrogen-bond donors (Lipinski definition) is 1. The van der Waals surface area contributed by atoms with Gasteiger partial charge in [-0.05, 0) is 43.5 Å². The number of nitriles is 1. The number of carbonyl (C=O) groups excluding carboxylic acids is 2. The molecule has 0 bridgehead atoms. The van der Waals surface area contributed by atoms with Crippen molar-refractivity contribution in [3.05, 3.63) is 81.3 Å². The molecule has 32 heavy (non-hydrogen) atoms. The minimum atomic E-state index is -1.53. The third-order valence-electron chi connectivity index (χ3n) is 6.72. The van der Waals surface area contributed by atoms with Crippen LogP contribution in [0.4, 0.5) is 11.4 Å². The molecule has 2 aromatic carbocycles. The van der Waals surface area contributed by atoms with Crippen LogP contribution >= 0.6 is 11.6 Å². The number of hydrogen-bond acceptors (Lipinski definition) is 5. The first-order valence-corrected chi connectivity index (χ1v) is 10.8. The second-order valence-electron chi connectivity index (χ2n) is 8.37. The molecule has 6 nitrogen and oxygen atoms in total. The van der Waals surface area contributed by atoms with E-state index in [1.165, 1.54) is 4.90 Å². The number of carbonyl (C=O) groups is 2. The molecule has 2 aliphatic heterocycles. The standard InChI is InChI=1S/C25H21ClN4O2/c1-14-10-11-15(12-18(14)26)30-20-8-5-9-21(31)22(20)25(17(13-27)23(30)28)16-6-3-4-7-19(16)29(2)24(25)32/h3-4,6-7,10-12H,5,8-9,28H2,1-2H3/t25-/m1/s1. The van der Waals surface area contributed by atoms with E-state index in [0.717, 1.165) is 5.56 Å². The molecule has 0 unspecified atom stereocenters. The van der Waals surface area contributed by atoms with Gasteiger partial charge in [-0.15, -0.1) is 0 Å². The van der Waals surface area contributed by atoms with Gasteiger partial charge in [0.2, 0.25) is 5.91 Å². The number of anilines is 2. The molecule has 0 radical (unpaired) electrons. The van der Waals surface area contributed by atoms with E-state index in [-0.39, 0.29) is 23.1 Å². The van der Waals surface area contributed by atoms with Crippen LogP contribution in [-0.2, 0) is 15.0 Å². The fourth-order valence-corrected chi connectivity index (χ4v) is 5.43. The van der Waals surface area contributed by atoms with Gasteiger partial charge in [-0.25, -0.2) is 0 Å². The first kappa shape index (κ1) is 20.3. The summed E-state index contributed by atoms with van der Waals surface area (Å²) in [6.07, 6.45) is 1.53. The van der Waals surface area contributed by atoms with Crippen LogP contribution < -0.4 is 15.5 Å². The molecular formula is C25H21ClN4O2. The lowest BCUT2D eigenvalue weighted by Gasteiger charge is -2.43. The van der Waals surface area contributed by atoms with Gasteiger partial charge >= 0.3 is 0 Å². The van der Waals surface area contributed by atoms with E-state index in [2.05, 4.69) is 6.07 Å². The predicted octanol–water partition coefficient (Wildman–Crippen LogP) is 4.08. The van der Waals surface area contributed by atoms with Crippen molar-refractivity contribution in [3.63, 3.8) is 0 Å². The topological polar surface area (TPSA) is 90.4 Å². The van der Waals surface area contributed by atoms with Crippen molar-refractivity contribution < 1.29 is 9.59 Å². The Kier molecular flexibility index (Phi) is 4.44. The summed E-state index contributed by atoms with van der Waals surface area (Å²) < 4.78 is 0. The first-order valence-electron chi connectivity index (χ1n) is 10.4. The Hall–Kier alpha value is -3.56. The highest BCUT2D eigenvalue weighted by Gasteiger charge is 2.61. The maximum absolute atomic E-state index is 13.9. The minimum absolute atomic E-state index is 0.0741. The Morgan fingerprint density at radius 1 is 1.16 bits per heavy atom. The van der Waals surface area contributed by atoms with Crippen LogP contribution in [0.25, 0.3) is 0 Å². The van der Waals surface area contributed by atoms with E-state index in [0.29, 0.717) is 52.5 Å². The van der Waals surface area contributed by atoms with Crippen LogP contribution in [0.15, 0.2) is 65.1 Å². The van der Waals surface area contributed by atoms with Gasteiger partial charge in [0.05, 0.1) is 5.57 Å². The van der Waals surface area contributed by atoms with E-state index >= 15 is 0 Å². The summed E-state index contributed by atoms with van der Waals surface area (Å²) in [6.45, 7) is 1.90. The van der Waals surface area contributed by atoms with Crippen molar-refractivity contribution in [2.75, 3.05) is 16.8 Å². The molecule has 1 amide bonds. The third kappa shape index (κ3) is 2.40. The van der Waals surface area contributed by atoms with Gasteiger partial charge in [0.15, 0.2) is 5.78 Å². The van der Waals surface area contributed by atoms with E-state index < -0.39 is 5.41 Å². The second-order valence-corrected chi connectivity index (χ2v) is 8.78. The number of nitrogens with zero attached hydrogens (tertiary/aromatic N) is 3. The molecule has 1 spiro atoms. The number of benzene rings is 2. The monoisotopic (exact) mass is 444 g/mol. The molecule has 3 aliphatic rings. The van der Waals surface area contributed by atoms with Gasteiger partial charge in [0.25, 0.3) is 0 Å². The number of aryl methyl sites for hydroxylation is 1. The van der Waals surface area contributed by atoms with Crippen LogP contribution in [0.5, 0.6) is 0 Å². The normalized spacial score (nSPS) is 22.4. The molecule has 7 heteroatoms. The smallest absolute Gasteiger partial charge is 0.247 e. The van der Waals surface area contributed by atoms with Gasteiger partial charge in [-0.3, -0.25) is 14.5 Å². The Labute approximate surface area is 191 Å². The van der Waals surface area contributed by atoms with Gasteiger partial charge in [-0.2, -0.15) is 5.26 Å². The van der Waals surface area contributed by atoms with Crippen LogP contribution in [0, 0.1) is 18.3 Å². The Morgan fingerprint density at radius 3 is 2.62 bits per heavy atom. The van der Waals surface area contributed by atoms with E-state index in [4.69, 9.17) is 17.3 Å². The van der Waals surface area contributed by atoms with Crippen molar-refractivity contribution >= 4 is 34.7 Å². The Bertz CT molecular complexity index is 1320.